The van der Waals surface area contributed by atoms with E-state index in [2.05, 4.69) is 50.3 Å². The van der Waals surface area contributed by atoms with E-state index in [1.165, 1.54) is 36.6 Å². The van der Waals surface area contributed by atoms with Crippen molar-refractivity contribution in [3.63, 3.8) is 0 Å². The summed E-state index contributed by atoms with van der Waals surface area (Å²) in [7, 11) is 0. The number of hydrogen-bond donors (Lipinski definition) is 0. The third-order valence-electron chi connectivity index (χ3n) is 2.51. The van der Waals surface area contributed by atoms with E-state index in [-0.39, 0.29) is 0 Å². The van der Waals surface area contributed by atoms with Gasteiger partial charge in [0.15, 0.2) is 0 Å². The van der Waals surface area contributed by atoms with Gasteiger partial charge in [-0.05, 0) is 0 Å². The van der Waals surface area contributed by atoms with Gasteiger partial charge < -0.3 is 0 Å². The van der Waals surface area contributed by atoms with Gasteiger partial charge in [-0.25, -0.2) is 0 Å². The summed E-state index contributed by atoms with van der Waals surface area (Å²) in [6, 6.07) is 10.8. The zero-order valence-corrected chi connectivity index (χ0v) is 12.1. The SMILES string of the molecule is CCCCCC/C=C(\C)[Se]c1ccccc1. The summed E-state index contributed by atoms with van der Waals surface area (Å²) in [5, 5.41) is 0. The van der Waals surface area contributed by atoms with Crippen molar-refractivity contribution >= 4 is 19.4 Å². The molecule has 0 saturated carbocycles. The van der Waals surface area contributed by atoms with Gasteiger partial charge in [0.2, 0.25) is 0 Å². The number of rotatable bonds is 7. The molecule has 0 aliphatic heterocycles. The molecule has 16 heavy (non-hydrogen) atoms. The molecule has 0 unspecified atom stereocenters. The van der Waals surface area contributed by atoms with Crippen molar-refractivity contribution < 1.29 is 0 Å². The van der Waals surface area contributed by atoms with Gasteiger partial charge in [0.05, 0.1) is 0 Å². The van der Waals surface area contributed by atoms with E-state index in [1.807, 2.05) is 0 Å². The minimum absolute atomic E-state index is 0.534. The van der Waals surface area contributed by atoms with E-state index in [1.54, 1.807) is 4.47 Å². The van der Waals surface area contributed by atoms with Gasteiger partial charge in [-0.1, -0.05) is 0 Å². The van der Waals surface area contributed by atoms with Crippen LogP contribution in [0.5, 0.6) is 0 Å². The molecule has 1 aromatic carbocycles. The topological polar surface area (TPSA) is 0 Å². The number of unbranched alkanes of at least 4 members (excludes halogenated alkanes) is 4. The average molecular weight is 281 g/mol. The Morgan fingerprint density at radius 1 is 1.12 bits per heavy atom. The molecule has 1 aromatic rings. The summed E-state index contributed by atoms with van der Waals surface area (Å²) in [6.45, 7) is 4.53. The quantitative estimate of drug-likeness (QED) is 0.525. The van der Waals surface area contributed by atoms with Gasteiger partial charge in [0.25, 0.3) is 0 Å². The zero-order chi connectivity index (χ0) is 11.6. The Kier molecular flexibility index (Phi) is 7.29. The molecule has 1 rings (SSSR count). The van der Waals surface area contributed by atoms with Crippen LogP contribution in [0.15, 0.2) is 40.9 Å². The molecular weight excluding hydrogens is 259 g/mol. The van der Waals surface area contributed by atoms with Gasteiger partial charge in [-0.3, -0.25) is 0 Å². The first-order valence-corrected chi connectivity index (χ1v) is 7.94. The fourth-order valence-electron chi connectivity index (χ4n) is 1.59. The zero-order valence-electron chi connectivity index (χ0n) is 10.4. The van der Waals surface area contributed by atoms with Crippen LogP contribution in [0.25, 0.3) is 0 Å². The molecule has 0 nitrogen and oxygen atoms in total. The maximum atomic E-state index is 2.43. The Labute approximate surface area is 106 Å². The van der Waals surface area contributed by atoms with E-state index >= 15 is 0 Å². The standard InChI is InChI=1S/C15H22Se/c1-3-4-5-6-8-11-14(2)16-15-12-9-7-10-13-15/h7,9-13H,3-6,8H2,1-2H3/b14-11+. The molecule has 0 saturated heterocycles. The second-order valence-corrected chi connectivity index (χ2v) is 6.85. The molecule has 0 heterocycles. The molecule has 0 atom stereocenters. The van der Waals surface area contributed by atoms with Crippen LogP contribution >= 0.6 is 0 Å². The molecule has 0 aliphatic carbocycles. The average Bonchev–Trinajstić information content (AvgIpc) is 2.30. The third kappa shape index (κ3) is 6.15. The summed E-state index contributed by atoms with van der Waals surface area (Å²) in [6.07, 6.45) is 9.16. The molecule has 1 heteroatoms. The van der Waals surface area contributed by atoms with E-state index in [0.29, 0.717) is 15.0 Å². The van der Waals surface area contributed by atoms with E-state index in [9.17, 15) is 0 Å². The Morgan fingerprint density at radius 3 is 2.56 bits per heavy atom. The van der Waals surface area contributed by atoms with Gasteiger partial charge >= 0.3 is 106 Å². The van der Waals surface area contributed by atoms with Crippen molar-refractivity contribution in [2.75, 3.05) is 0 Å². The Morgan fingerprint density at radius 2 is 1.88 bits per heavy atom. The van der Waals surface area contributed by atoms with E-state index in [0.717, 1.165) is 0 Å². The Balaban J connectivity index is 2.24. The summed E-state index contributed by atoms with van der Waals surface area (Å²) in [5.74, 6) is 0. The number of benzene rings is 1. The van der Waals surface area contributed by atoms with Crippen LogP contribution in [0.4, 0.5) is 0 Å². The maximum absolute atomic E-state index is 2.43. The van der Waals surface area contributed by atoms with Crippen molar-refractivity contribution in [1.29, 1.82) is 0 Å². The van der Waals surface area contributed by atoms with E-state index in [4.69, 9.17) is 0 Å². The van der Waals surface area contributed by atoms with Crippen molar-refractivity contribution in [1.82, 2.24) is 0 Å². The molecule has 0 aromatic heterocycles. The molecule has 0 aliphatic rings. The van der Waals surface area contributed by atoms with Crippen LogP contribution in [0.2, 0.25) is 0 Å². The monoisotopic (exact) mass is 282 g/mol. The third-order valence-corrected chi connectivity index (χ3v) is 4.60. The second-order valence-electron chi connectivity index (χ2n) is 4.08. The van der Waals surface area contributed by atoms with Crippen LogP contribution < -0.4 is 4.46 Å². The molecule has 0 N–H and O–H groups in total. The van der Waals surface area contributed by atoms with Crippen LogP contribution in [-0.4, -0.2) is 15.0 Å². The predicted octanol–water partition coefficient (Wildman–Crippen LogP) is 3.89. The normalized spacial score (nSPS) is 11.8. The van der Waals surface area contributed by atoms with Crippen LogP contribution in [0.3, 0.4) is 0 Å². The molecule has 0 radical (unpaired) electrons. The molecule has 88 valence electrons. The molecule has 0 bridgehead atoms. The number of allylic oxidation sites excluding steroid dienone is 2. The van der Waals surface area contributed by atoms with Crippen molar-refractivity contribution in [3.8, 4) is 0 Å². The molecule has 0 amide bonds. The summed E-state index contributed by atoms with van der Waals surface area (Å²) in [4.78, 5) is 0. The van der Waals surface area contributed by atoms with Crippen molar-refractivity contribution in [2.24, 2.45) is 0 Å². The van der Waals surface area contributed by atoms with Gasteiger partial charge in [0.1, 0.15) is 0 Å². The van der Waals surface area contributed by atoms with Gasteiger partial charge in [-0.2, -0.15) is 0 Å². The molecular formula is C15H22Se. The fraction of sp³-hybridized carbons (Fsp3) is 0.467. The molecule has 0 fully saturated rings. The fourth-order valence-corrected chi connectivity index (χ4v) is 3.41. The summed E-state index contributed by atoms with van der Waals surface area (Å²) < 4.78 is 3.05. The molecule has 0 spiro atoms. The van der Waals surface area contributed by atoms with Gasteiger partial charge in [0, 0.05) is 0 Å². The summed E-state index contributed by atoms with van der Waals surface area (Å²) >= 11 is 0.534. The second kappa shape index (κ2) is 8.61. The first-order chi connectivity index (χ1) is 7.83. The predicted molar refractivity (Wildman–Crippen MR) is 74.3 cm³/mol. The van der Waals surface area contributed by atoms with Gasteiger partial charge in [-0.15, -0.1) is 0 Å². The Bertz CT molecular complexity index is 300. The van der Waals surface area contributed by atoms with Crippen LogP contribution in [0.1, 0.15) is 46.0 Å². The van der Waals surface area contributed by atoms with Crippen LogP contribution in [-0.2, 0) is 0 Å². The van der Waals surface area contributed by atoms with E-state index < -0.39 is 0 Å². The van der Waals surface area contributed by atoms with Crippen molar-refractivity contribution in [2.45, 2.75) is 46.0 Å². The first kappa shape index (κ1) is 13.5. The van der Waals surface area contributed by atoms with Crippen molar-refractivity contribution in [3.05, 3.63) is 40.9 Å². The minimum atomic E-state index is 0.534. The first-order valence-electron chi connectivity index (χ1n) is 6.22. The number of hydrogen-bond acceptors (Lipinski definition) is 0. The van der Waals surface area contributed by atoms with Crippen LogP contribution in [0, 0.1) is 0 Å². The Hall–Kier alpha value is -0.521. The summed E-state index contributed by atoms with van der Waals surface area (Å²) in [5.41, 5.74) is 0.